The molecule has 5 aromatic heterocycles. The van der Waals surface area contributed by atoms with Gasteiger partial charge in [0.1, 0.15) is 0 Å². The Morgan fingerprint density at radius 3 is 0.805 bits per heavy atom. The Morgan fingerprint density at radius 2 is 0.483 bits per heavy atom. The molecule has 0 N–H and O–H groups in total. The molecule has 18 aromatic carbocycles. The first-order valence-electron chi connectivity index (χ1n) is 40.2. The van der Waals surface area contributed by atoms with Crippen molar-refractivity contribution in [2.75, 3.05) is 0 Å². The first-order valence-corrected chi connectivity index (χ1v) is 40.2. The molecule has 1 aliphatic carbocycles. The van der Waals surface area contributed by atoms with Gasteiger partial charge in [0.15, 0.2) is 11.5 Å². The van der Waals surface area contributed by atoms with Gasteiger partial charge >= 0.3 is 0 Å². The van der Waals surface area contributed by atoms with Gasteiger partial charge in [-0.2, -0.15) is 0 Å². The van der Waals surface area contributed by atoms with Gasteiger partial charge in [0, 0.05) is 82.5 Å². The predicted molar refractivity (Wildman–Crippen MR) is 491 cm³/mol. The average molecular weight is 1500 g/mol. The molecule has 0 spiro atoms. The van der Waals surface area contributed by atoms with Crippen LogP contribution in [0.4, 0.5) is 5.69 Å². The van der Waals surface area contributed by atoms with Gasteiger partial charge in [-0.3, -0.25) is 0 Å². The van der Waals surface area contributed by atoms with Gasteiger partial charge in [-0.15, -0.1) is 0 Å². The van der Waals surface area contributed by atoms with Gasteiger partial charge in [-0.1, -0.05) is 267 Å². The van der Waals surface area contributed by atoms with E-state index in [0.717, 1.165) is 183 Å². The Morgan fingerprint density at radius 1 is 0.203 bits per heavy atom. The van der Waals surface area contributed by atoms with E-state index in [9.17, 15) is 0 Å². The number of para-hydroxylation sites is 2. The molecule has 0 atom stereocenters. The summed E-state index contributed by atoms with van der Waals surface area (Å²) in [6, 6.07) is 148. The fourth-order valence-corrected chi connectivity index (χ4v) is 19.0. The molecule has 0 fully saturated rings. The Hall–Kier alpha value is -16.0. The summed E-state index contributed by atoms with van der Waals surface area (Å²) >= 11 is 0. The van der Waals surface area contributed by atoms with E-state index in [1.807, 2.05) is 24.3 Å². The van der Waals surface area contributed by atoms with Crippen LogP contribution in [-0.2, 0) is 0 Å². The molecule has 24 rings (SSSR count). The molecule has 0 aliphatic heterocycles. The van der Waals surface area contributed by atoms with Crippen LogP contribution in [0.2, 0.25) is 0 Å². The average Bonchev–Trinajstić information content (AvgIpc) is 1.57. The predicted octanol–water partition coefficient (Wildman–Crippen LogP) is 29.6. The Kier molecular flexibility index (Phi) is 15.0. The van der Waals surface area contributed by atoms with Gasteiger partial charge < -0.3 is 18.3 Å². The number of nitrogens with zero attached hydrogens (tertiary/aromatic N) is 7. The third-order valence-electron chi connectivity index (χ3n) is 24.5. The molecule has 118 heavy (non-hydrogen) atoms. The SMILES string of the molecule is [C-]#[N+]c1ccc(-c2nc(-c3cc(-n4c5ccc(-c6ccccc6)cc5c5cc(-c6ccc7c(c6)c6cc(-c8ccccc8)ccc6n7-c6ccccc6)ccc54)cc(-n4c5ccc(-c6ccccc6)cc5c5cc(-c6ccc7c(c6)c6cc(-c8ccccc8)ccc6n7-c6ccccc6)ccc54)c3)nc3c2-c2cccc4cccc-3c24)cc1. The molecule has 7 heteroatoms. The summed E-state index contributed by atoms with van der Waals surface area (Å²) in [5.74, 6) is 0.583. The molecule has 546 valence electrons. The van der Waals surface area contributed by atoms with E-state index in [2.05, 4.69) is 405 Å². The van der Waals surface area contributed by atoms with Gasteiger partial charge in [0.25, 0.3) is 0 Å². The summed E-state index contributed by atoms with van der Waals surface area (Å²) < 4.78 is 9.75. The monoisotopic (exact) mass is 1500 g/mol. The number of hydrogen-bond acceptors (Lipinski definition) is 2. The van der Waals surface area contributed by atoms with E-state index >= 15 is 0 Å². The molecule has 0 saturated carbocycles. The van der Waals surface area contributed by atoms with Gasteiger partial charge in [0.05, 0.1) is 62.1 Å². The van der Waals surface area contributed by atoms with Crippen molar-refractivity contribution in [3.63, 3.8) is 0 Å². The molecular formula is C111H67N7. The molecule has 23 aromatic rings. The van der Waals surface area contributed by atoms with Crippen molar-refractivity contribution in [1.29, 1.82) is 0 Å². The highest BCUT2D eigenvalue weighted by atomic mass is 15.0. The van der Waals surface area contributed by atoms with E-state index in [0.29, 0.717) is 11.5 Å². The van der Waals surface area contributed by atoms with Crippen LogP contribution in [0.1, 0.15) is 0 Å². The highest BCUT2D eigenvalue weighted by Crippen LogP contribution is 2.52. The van der Waals surface area contributed by atoms with E-state index in [1.54, 1.807) is 0 Å². The van der Waals surface area contributed by atoms with Crippen molar-refractivity contribution < 1.29 is 0 Å². The highest BCUT2D eigenvalue weighted by Gasteiger charge is 2.30. The molecule has 5 heterocycles. The molecule has 0 radical (unpaired) electrons. The maximum absolute atomic E-state index is 8.02. The summed E-state index contributed by atoms with van der Waals surface area (Å²) in [5.41, 5.74) is 33.9. The molecule has 0 bridgehead atoms. The molecule has 0 unspecified atom stereocenters. The molecular weight excluding hydrogens is 1430 g/mol. The van der Waals surface area contributed by atoms with Crippen molar-refractivity contribution >= 4 is 104 Å². The van der Waals surface area contributed by atoms with E-state index in [-0.39, 0.29) is 0 Å². The zero-order valence-corrected chi connectivity index (χ0v) is 63.8. The zero-order chi connectivity index (χ0) is 77.6. The first kappa shape index (κ1) is 66.6. The third kappa shape index (κ3) is 10.6. The lowest BCUT2D eigenvalue weighted by Gasteiger charge is -2.17. The minimum absolute atomic E-state index is 0.567. The fraction of sp³-hybridized carbons (Fsp3) is 0. The summed E-state index contributed by atoms with van der Waals surface area (Å²) in [5, 5.41) is 11.6. The second-order valence-electron chi connectivity index (χ2n) is 31.1. The van der Waals surface area contributed by atoms with Crippen LogP contribution in [-0.4, -0.2) is 28.2 Å². The van der Waals surface area contributed by atoms with Crippen molar-refractivity contribution in [2.24, 2.45) is 0 Å². The molecule has 0 saturated heterocycles. The highest BCUT2D eigenvalue weighted by molar-refractivity contribution is 6.19. The van der Waals surface area contributed by atoms with Crippen molar-refractivity contribution in [3.8, 4) is 135 Å². The van der Waals surface area contributed by atoms with E-state index < -0.39 is 0 Å². The molecule has 0 amide bonds. The summed E-state index contributed by atoms with van der Waals surface area (Å²) in [6.07, 6.45) is 0. The van der Waals surface area contributed by atoms with Crippen LogP contribution in [0.15, 0.2) is 406 Å². The third-order valence-corrected chi connectivity index (χ3v) is 24.5. The van der Waals surface area contributed by atoms with Crippen LogP contribution in [0, 0.1) is 6.57 Å². The Balaban J connectivity index is 0.752. The maximum atomic E-state index is 8.02. The number of benzene rings is 18. The number of rotatable bonds is 12. The van der Waals surface area contributed by atoms with E-state index in [4.69, 9.17) is 16.5 Å². The first-order chi connectivity index (χ1) is 58.4. The zero-order valence-electron chi connectivity index (χ0n) is 63.8. The minimum atomic E-state index is 0.567. The van der Waals surface area contributed by atoms with E-state index in [1.165, 1.54) is 43.8 Å². The largest absolute Gasteiger partial charge is 0.309 e. The number of hydrogen-bond donors (Lipinski definition) is 0. The second kappa shape index (κ2) is 26.6. The van der Waals surface area contributed by atoms with Gasteiger partial charge in [-0.25, -0.2) is 14.8 Å². The maximum Gasteiger partial charge on any atom is 0.187 e. The quantitative estimate of drug-likeness (QED) is 0.114. The number of aromatic nitrogens is 6. The lowest BCUT2D eigenvalue weighted by molar-refractivity contribution is 1.12. The summed E-state index contributed by atoms with van der Waals surface area (Å²) in [7, 11) is 0. The normalized spacial score (nSPS) is 11.9. The van der Waals surface area contributed by atoms with Crippen LogP contribution in [0.3, 0.4) is 0 Å². The van der Waals surface area contributed by atoms with Gasteiger partial charge in [-0.05, 0) is 228 Å². The van der Waals surface area contributed by atoms with Crippen molar-refractivity contribution in [3.05, 3.63) is 418 Å². The lowest BCUT2D eigenvalue weighted by atomic mass is 9.98. The summed E-state index contributed by atoms with van der Waals surface area (Å²) in [4.78, 5) is 15.5. The molecule has 7 nitrogen and oxygen atoms in total. The van der Waals surface area contributed by atoms with Gasteiger partial charge in [0.2, 0.25) is 0 Å². The van der Waals surface area contributed by atoms with Crippen LogP contribution in [0.25, 0.3) is 237 Å². The standard InChI is InChI=1S/C111H67N7/c1-112-84-48-38-74(39-49-84)109-108-89-36-20-30-73-31-21-37-90(107(73)89)110(108)114-111(113-109)83-58-87(117-103-52-42-77(71-26-12-4-13-27-71)62-93(103)97-66-81(46-56-105(97)117)79-44-54-101-95(64-79)91-60-75(69-22-8-2-9-23-69)40-50-99(91)115(101)85-32-16-6-17-33-85)68-88(59-83)118-104-53-43-78(72-28-14-5-15-29-72)63-94(104)98-67-82(47-57-106(98)118)80-45-55-102-96(65-80)92-61-76(70-24-10-3-11-25-70)41-51-100(92)116(102)86-34-18-7-19-35-86/h2-68H. The topological polar surface area (TPSA) is 49.9 Å². The van der Waals surface area contributed by atoms with Crippen LogP contribution < -0.4 is 0 Å². The van der Waals surface area contributed by atoms with Crippen LogP contribution >= 0.6 is 0 Å². The Labute approximate surface area is 679 Å². The van der Waals surface area contributed by atoms with Crippen LogP contribution in [0.5, 0.6) is 0 Å². The second-order valence-corrected chi connectivity index (χ2v) is 31.1. The summed E-state index contributed by atoms with van der Waals surface area (Å²) in [6.45, 7) is 8.02. The Bertz CT molecular complexity index is 7750. The number of fused-ring (bicyclic) bond motifs is 15. The fourth-order valence-electron chi connectivity index (χ4n) is 19.0. The smallest absolute Gasteiger partial charge is 0.187 e. The van der Waals surface area contributed by atoms with Crippen molar-refractivity contribution in [2.45, 2.75) is 0 Å². The minimum Gasteiger partial charge on any atom is -0.309 e. The van der Waals surface area contributed by atoms with Crippen molar-refractivity contribution in [1.82, 2.24) is 28.2 Å². The molecule has 1 aliphatic rings. The lowest BCUT2D eigenvalue weighted by Crippen LogP contribution is -2.02.